The van der Waals surface area contributed by atoms with Gasteiger partial charge < -0.3 is 10.6 Å². The lowest BCUT2D eigenvalue weighted by molar-refractivity contribution is -0.118. The third-order valence-electron chi connectivity index (χ3n) is 3.94. The zero-order valence-corrected chi connectivity index (χ0v) is 13.5. The zero-order valence-electron chi connectivity index (χ0n) is 13.5. The second kappa shape index (κ2) is 7.47. The van der Waals surface area contributed by atoms with Crippen LogP contribution in [-0.2, 0) is 11.2 Å². The number of hydrogen-bond acceptors (Lipinski definition) is 2. The number of rotatable bonds is 5. The fourth-order valence-corrected chi connectivity index (χ4v) is 2.73. The summed E-state index contributed by atoms with van der Waals surface area (Å²) in [6, 6.07) is 15.9. The van der Waals surface area contributed by atoms with Crippen molar-refractivity contribution in [3.8, 4) is 0 Å². The van der Waals surface area contributed by atoms with Crippen LogP contribution in [0.25, 0.3) is 11.8 Å². The first-order chi connectivity index (χ1) is 11.8. The van der Waals surface area contributed by atoms with Crippen molar-refractivity contribution in [1.82, 2.24) is 5.32 Å². The summed E-state index contributed by atoms with van der Waals surface area (Å²) in [7, 11) is 0. The highest BCUT2D eigenvalue weighted by Gasteiger charge is 2.11. The van der Waals surface area contributed by atoms with Gasteiger partial charge in [0.25, 0.3) is 0 Å². The third kappa shape index (κ3) is 3.63. The van der Waals surface area contributed by atoms with Crippen LogP contribution < -0.4 is 10.6 Å². The van der Waals surface area contributed by atoms with Crippen molar-refractivity contribution in [2.75, 3.05) is 11.9 Å². The first kappa shape index (κ1) is 15.8. The van der Waals surface area contributed by atoms with E-state index in [9.17, 15) is 4.79 Å². The number of anilines is 1. The Kier molecular flexibility index (Phi) is 4.92. The largest absolute Gasteiger partial charge is 0.376 e. The molecular weight excluding hydrogens is 296 g/mol. The number of benzene rings is 2. The average molecular weight is 316 g/mol. The Balaban J connectivity index is 1.68. The molecule has 0 saturated carbocycles. The standard InChI is InChI=1S/C21H20N2O/c1-2-16-9-4-7-13-19(16)22-15-21(24)23-20-14-8-5-11-17-10-3-6-12-18(17)20/h2-10,12-14,22H,1,11,15H2,(H,23,24). The van der Waals surface area contributed by atoms with Crippen molar-refractivity contribution >= 4 is 23.4 Å². The summed E-state index contributed by atoms with van der Waals surface area (Å²) in [6.07, 6.45) is 8.67. The minimum atomic E-state index is -0.0785. The van der Waals surface area contributed by atoms with Crippen LogP contribution in [0, 0.1) is 0 Å². The summed E-state index contributed by atoms with van der Waals surface area (Å²) in [5, 5.41) is 6.17. The van der Waals surface area contributed by atoms with E-state index in [0.29, 0.717) is 0 Å². The molecule has 0 aliphatic heterocycles. The van der Waals surface area contributed by atoms with Gasteiger partial charge in [0.05, 0.1) is 6.54 Å². The Labute approximate surface area is 142 Å². The van der Waals surface area contributed by atoms with E-state index in [0.717, 1.165) is 28.9 Å². The number of nitrogens with one attached hydrogen (secondary N) is 2. The van der Waals surface area contributed by atoms with Gasteiger partial charge in [-0.2, -0.15) is 0 Å². The molecule has 3 nitrogen and oxygen atoms in total. The van der Waals surface area contributed by atoms with Crippen LogP contribution in [0.3, 0.4) is 0 Å². The van der Waals surface area contributed by atoms with E-state index >= 15 is 0 Å². The molecule has 0 unspecified atom stereocenters. The van der Waals surface area contributed by atoms with Crippen molar-refractivity contribution in [2.45, 2.75) is 6.42 Å². The van der Waals surface area contributed by atoms with Crippen molar-refractivity contribution in [2.24, 2.45) is 0 Å². The molecule has 2 N–H and O–H groups in total. The Morgan fingerprint density at radius 1 is 1.12 bits per heavy atom. The molecule has 0 spiro atoms. The molecule has 2 aromatic carbocycles. The van der Waals surface area contributed by atoms with Gasteiger partial charge in [0.2, 0.25) is 5.91 Å². The number of carbonyl (C=O) groups is 1. The van der Waals surface area contributed by atoms with Crippen molar-refractivity contribution in [1.29, 1.82) is 0 Å². The van der Waals surface area contributed by atoms with Gasteiger partial charge in [0.1, 0.15) is 0 Å². The van der Waals surface area contributed by atoms with Gasteiger partial charge >= 0.3 is 0 Å². The molecule has 0 fully saturated rings. The van der Waals surface area contributed by atoms with Crippen molar-refractivity contribution < 1.29 is 4.79 Å². The maximum absolute atomic E-state index is 12.3. The Morgan fingerprint density at radius 3 is 2.79 bits per heavy atom. The maximum Gasteiger partial charge on any atom is 0.243 e. The van der Waals surface area contributed by atoms with E-state index in [4.69, 9.17) is 0 Å². The topological polar surface area (TPSA) is 41.1 Å². The first-order valence-electron chi connectivity index (χ1n) is 7.98. The molecular formula is C21H20N2O. The summed E-state index contributed by atoms with van der Waals surface area (Å²) >= 11 is 0. The van der Waals surface area contributed by atoms with Gasteiger partial charge in [0, 0.05) is 16.9 Å². The van der Waals surface area contributed by atoms with E-state index in [-0.39, 0.29) is 12.5 Å². The van der Waals surface area contributed by atoms with Crippen LogP contribution >= 0.6 is 0 Å². The highest BCUT2D eigenvalue weighted by molar-refractivity contribution is 5.90. The maximum atomic E-state index is 12.3. The summed E-state index contributed by atoms with van der Waals surface area (Å²) in [5.41, 5.74) is 5.00. The van der Waals surface area contributed by atoms with Crippen LogP contribution in [0.15, 0.2) is 73.3 Å². The Morgan fingerprint density at radius 2 is 1.92 bits per heavy atom. The summed E-state index contributed by atoms with van der Waals surface area (Å²) in [6.45, 7) is 3.99. The van der Waals surface area contributed by atoms with Gasteiger partial charge in [-0.3, -0.25) is 4.79 Å². The first-order valence-corrected chi connectivity index (χ1v) is 7.98. The second-order valence-corrected chi connectivity index (χ2v) is 5.56. The number of para-hydroxylation sites is 1. The van der Waals surface area contributed by atoms with Crippen molar-refractivity contribution in [3.63, 3.8) is 0 Å². The highest BCUT2D eigenvalue weighted by atomic mass is 16.1. The molecule has 3 rings (SSSR count). The number of hydrogen-bond donors (Lipinski definition) is 2. The van der Waals surface area contributed by atoms with E-state index < -0.39 is 0 Å². The van der Waals surface area contributed by atoms with Crippen LogP contribution in [0.4, 0.5) is 5.69 Å². The Bertz CT molecular complexity index is 818. The molecule has 24 heavy (non-hydrogen) atoms. The molecule has 0 saturated heterocycles. The highest BCUT2D eigenvalue weighted by Crippen LogP contribution is 2.21. The molecule has 1 amide bonds. The van der Waals surface area contributed by atoms with Gasteiger partial charge in [-0.05, 0) is 29.7 Å². The van der Waals surface area contributed by atoms with Crippen LogP contribution in [0.5, 0.6) is 0 Å². The minimum Gasteiger partial charge on any atom is -0.376 e. The molecule has 0 heterocycles. The molecule has 0 atom stereocenters. The van der Waals surface area contributed by atoms with Gasteiger partial charge in [-0.15, -0.1) is 0 Å². The second-order valence-electron chi connectivity index (χ2n) is 5.56. The molecule has 120 valence electrons. The van der Waals surface area contributed by atoms with Gasteiger partial charge in [0.15, 0.2) is 0 Å². The van der Waals surface area contributed by atoms with Crippen LogP contribution in [-0.4, -0.2) is 12.5 Å². The third-order valence-corrected chi connectivity index (χ3v) is 3.94. The Hall–Kier alpha value is -3.07. The smallest absolute Gasteiger partial charge is 0.243 e. The van der Waals surface area contributed by atoms with Gasteiger partial charge in [-0.1, -0.05) is 67.3 Å². The molecule has 3 heteroatoms. The van der Waals surface area contributed by atoms with Crippen LogP contribution in [0.1, 0.15) is 16.7 Å². The summed E-state index contributed by atoms with van der Waals surface area (Å²) < 4.78 is 0. The SMILES string of the molecule is C=Cc1ccccc1NCC(=O)NC1=CC=CCc2ccccc21. The average Bonchev–Trinajstić information content (AvgIpc) is 2.83. The quantitative estimate of drug-likeness (QED) is 0.875. The monoisotopic (exact) mass is 316 g/mol. The fraction of sp³-hybridized carbons (Fsp3) is 0.0952. The van der Waals surface area contributed by atoms with E-state index in [1.165, 1.54) is 5.56 Å². The van der Waals surface area contributed by atoms with E-state index in [1.54, 1.807) is 6.08 Å². The lowest BCUT2D eigenvalue weighted by Gasteiger charge is -2.14. The van der Waals surface area contributed by atoms with E-state index in [1.807, 2.05) is 54.6 Å². The predicted octanol–water partition coefficient (Wildman–Crippen LogP) is 4.01. The van der Waals surface area contributed by atoms with E-state index in [2.05, 4.69) is 29.4 Å². The summed E-state index contributed by atoms with van der Waals surface area (Å²) in [5.74, 6) is -0.0785. The molecule has 0 aromatic heterocycles. The normalized spacial score (nSPS) is 12.6. The number of allylic oxidation sites excluding steroid dienone is 3. The predicted molar refractivity (Wildman–Crippen MR) is 100 cm³/mol. The fourth-order valence-electron chi connectivity index (χ4n) is 2.73. The number of carbonyl (C=O) groups excluding carboxylic acids is 1. The lowest BCUT2D eigenvalue weighted by Crippen LogP contribution is -2.29. The summed E-state index contributed by atoms with van der Waals surface area (Å²) in [4.78, 5) is 12.3. The molecule has 2 aromatic rings. The molecule has 0 radical (unpaired) electrons. The molecule has 0 bridgehead atoms. The molecule has 1 aliphatic rings. The number of fused-ring (bicyclic) bond motifs is 1. The zero-order chi connectivity index (χ0) is 16.8. The number of amides is 1. The van der Waals surface area contributed by atoms with Crippen molar-refractivity contribution in [3.05, 3.63) is 90.0 Å². The minimum absolute atomic E-state index is 0.0785. The lowest BCUT2D eigenvalue weighted by atomic mass is 10.0. The van der Waals surface area contributed by atoms with Crippen LogP contribution in [0.2, 0.25) is 0 Å². The van der Waals surface area contributed by atoms with Gasteiger partial charge in [-0.25, -0.2) is 0 Å². The molecule has 1 aliphatic carbocycles.